The van der Waals surface area contributed by atoms with Crippen molar-refractivity contribution < 1.29 is 9.90 Å². The molecule has 0 unspecified atom stereocenters. The number of hydrogen-bond acceptors (Lipinski definition) is 4. The average Bonchev–Trinajstić information content (AvgIpc) is 2.93. The van der Waals surface area contributed by atoms with Crippen LogP contribution in [0.1, 0.15) is 25.8 Å². The zero-order chi connectivity index (χ0) is 16.8. The van der Waals surface area contributed by atoms with Gasteiger partial charge in [0.2, 0.25) is 0 Å². The van der Waals surface area contributed by atoms with E-state index in [2.05, 4.69) is 35.1 Å². The fraction of sp³-hybridized carbons (Fsp3) is 0.412. The predicted octanol–water partition coefficient (Wildman–Crippen LogP) is 3.29. The second-order valence-electron chi connectivity index (χ2n) is 5.94. The van der Waals surface area contributed by atoms with E-state index >= 15 is 0 Å². The van der Waals surface area contributed by atoms with Crippen molar-refractivity contribution in [2.75, 3.05) is 25.0 Å². The van der Waals surface area contributed by atoms with Gasteiger partial charge in [-0.15, -0.1) is 0 Å². The van der Waals surface area contributed by atoms with Crippen LogP contribution >= 0.6 is 11.6 Å². The molecule has 2 heterocycles. The molecule has 0 radical (unpaired) electrons. The number of allylic oxidation sites excluding steroid dienone is 1. The fourth-order valence-electron chi connectivity index (χ4n) is 2.44. The van der Waals surface area contributed by atoms with Gasteiger partial charge < -0.3 is 10.4 Å². The lowest BCUT2D eigenvalue weighted by Crippen LogP contribution is -2.26. The second-order valence-corrected chi connectivity index (χ2v) is 6.35. The van der Waals surface area contributed by atoms with Crippen molar-refractivity contribution in [3.8, 4) is 0 Å². The maximum atomic E-state index is 10.5. The molecule has 1 aromatic rings. The summed E-state index contributed by atoms with van der Waals surface area (Å²) in [4.78, 5) is 17.2. The molecule has 1 aliphatic heterocycles. The summed E-state index contributed by atoms with van der Waals surface area (Å²) in [5.74, 6) is -0.348. The number of pyridine rings is 1. The van der Waals surface area contributed by atoms with Gasteiger partial charge in [0.25, 0.3) is 0 Å². The largest absolute Gasteiger partial charge is 0.478 e. The molecule has 124 valence electrons. The first kappa shape index (κ1) is 17.5. The Morgan fingerprint density at radius 2 is 2.35 bits per heavy atom. The molecule has 0 aliphatic carbocycles. The summed E-state index contributed by atoms with van der Waals surface area (Å²) in [6, 6.07) is 2.04. The van der Waals surface area contributed by atoms with Gasteiger partial charge in [-0.1, -0.05) is 23.3 Å². The Labute approximate surface area is 141 Å². The molecule has 0 saturated carbocycles. The Bertz CT molecular complexity index is 624. The quantitative estimate of drug-likeness (QED) is 0.617. The smallest absolute Gasteiger partial charge is 0.328 e. The molecule has 0 bridgehead atoms. The van der Waals surface area contributed by atoms with Crippen LogP contribution < -0.4 is 5.32 Å². The summed E-state index contributed by atoms with van der Waals surface area (Å²) < 4.78 is 0. The van der Waals surface area contributed by atoms with Crippen molar-refractivity contribution in [1.82, 2.24) is 9.88 Å². The summed E-state index contributed by atoms with van der Waals surface area (Å²) in [6.45, 7) is 7.20. The van der Waals surface area contributed by atoms with Gasteiger partial charge in [0, 0.05) is 37.9 Å². The fourth-order valence-corrected chi connectivity index (χ4v) is 2.67. The van der Waals surface area contributed by atoms with Crippen LogP contribution in [0.3, 0.4) is 0 Å². The summed E-state index contributed by atoms with van der Waals surface area (Å²) in [6.07, 6.45) is 7.44. The van der Waals surface area contributed by atoms with Crippen molar-refractivity contribution in [3.63, 3.8) is 0 Å². The SMILES string of the molecule is CC(C)=CCN1CC[C@@H](Nc2ncc(/C=C/C(=O)O)cc2Cl)C1. The lowest BCUT2D eigenvalue weighted by molar-refractivity contribution is -0.131. The van der Waals surface area contributed by atoms with Gasteiger partial charge in [0.1, 0.15) is 5.82 Å². The monoisotopic (exact) mass is 335 g/mol. The number of carbonyl (C=O) groups is 1. The number of rotatable bonds is 6. The third-order valence-corrected chi connectivity index (χ3v) is 3.94. The van der Waals surface area contributed by atoms with Crippen molar-refractivity contribution in [1.29, 1.82) is 0 Å². The Hall–Kier alpha value is -1.85. The van der Waals surface area contributed by atoms with Gasteiger partial charge in [-0.05, 0) is 38.0 Å². The molecular weight excluding hydrogens is 314 g/mol. The standard InChI is InChI=1S/C17H22ClN3O2/c1-12(2)5-7-21-8-6-14(11-21)20-17-15(18)9-13(10-19-17)3-4-16(22)23/h3-5,9-10,14H,6-8,11H2,1-2H3,(H,19,20)(H,22,23)/b4-3+/t14-/m1/s1. The minimum absolute atomic E-state index is 0.325. The number of aromatic nitrogens is 1. The zero-order valence-corrected chi connectivity index (χ0v) is 14.2. The third kappa shape index (κ3) is 5.69. The predicted molar refractivity (Wildman–Crippen MR) is 93.8 cm³/mol. The first-order valence-electron chi connectivity index (χ1n) is 7.63. The van der Waals surface area contributed by atoms with Gasteiger partial charge in [0.15, 0.2) is 0 Å². The molecule has 23 heavy (non-hydrogen) atoms. The highest BCUT2D eigenvalue weighted by Crippen LogP contribution is 2.23. The highest BCUT2D eigenvalue weighted by Gasteiger charge is 2.22. The molecule has 6 heteroatoms. The first-order valence-corrected chi connectivity index (χ1v) is 8.00. The van der Waals surface area contributed by atoms with Gasteiger partial charge in [-0.25, -0.2) is 9.78 Å². The Morgan fingerprint density at radius 3 is 3.00 bits per heavy atom. The Kier molecular flexibility index (Phi) is 6.19. The summed E-state index contributed by atoms with van der Waals surface area (Å²) in [5, 5.41) is 12.5. The molecule has 0 spiro atoms. The maximum Gasteiger partial charge on any atom is 0.328 e. The minimum atomic E-state index is -0.995. The molecule has 1 aromatic heterocycles. The van der Waals surface area contributed by atoms with Crippen LogP contribution in [0.4, 0.5) is 5.82 Å². The number of nitrogens with one attached hydrogen (secondary N) is 1. The minimum Gasteiger partial charge on any atom is -0.478 e. The number of carboxylic acid groups (broad SMARTS) is 1. The van der Waals surface area contributed by atoms with E-state index in [1.165, 1.54) is 11.6 Å². The topological polar surface area (TPSA) is 65.5 Å². The van der Waals surface area contributed by atoms with Gasteiger partial charge >= 0.3 is 5.97 Å². The number of likely N-dealkylation sites (tertiary alicyclic amines) is 1. The van der Waals surface area contributed by atoms with E-state index in [0.717, 1.165) is 32.1 Å². The highest BCUT2D eigenvalue weighted by molar-refractivity contribution is 6.33. The molecule has 0 aromatic carbocycles. The number of halogens is 1. The van der Waals surface area contributed by atoms with Gasteiger partial charge in [-0.2, -0.15) is 0 Å². The van der Waals surface area contributed by atoms with Crippen LogP contribution in [-0.4, -0.2) is 46.6 Å². The molecule has 2 N–H and O–H groups in total. The zero-order valence-electron chi connectivity index (χ0n) is 13.4. The molecular formula is C17H22ClN3O2. The summed E-state index contributed by atoms with van der Waals surface area (Å²) in [7, 11) is 0. The lowest BCUT2D eigenvalue weighted by atomic mass is 10.2. The number of hydrogen-bond donors (Lipinski definition) is 2. The highest BCUT2D eigenvalue weighted by atomic mass is 35.5. The molecule has 0 amide bonds. The van der Waals surface area contributed by atoms with Crippen LogP contribution in [-0.2, 0) is 4.79 Å². The van der Waals surface area contributed by atoms with E-state index in [1.807, 2.05) is 0 Å². The molecule has 1 fully saturated rings. The van der Waals surface area contributed by atoms with E-state index < -0.39 is 5.97 Å². The van der Waals surface area contributed by atoms with Gasteiger partial charge in [-0.3, -0.25) is 4.90 Å². The molecule has 5 nitrogen and oxygen atoms in total. The van der Waals surface area contributed by atoms with Crippen LogP contribution in [0, 0.1) is 0 Å². The number of anilines is 1. The number of nitrogens with zero attached hydrogens (tertiary/aromatic N) is 2. The lowest BCUT2D eigenvalue weighted by Gasteiger charge is -2.16. The summed E-state index contributed by atoms with van der Waals surface area (Å²) in [5.41, 5.74) is 2.00. The van der Waals surface area contributed by atoms with Crippen molar-refractivity contribution >= 4 is 29.5 Å². The van der Waals surface area contributed by atoms with Crippen LogP contribution in [0.15, 0.2) is 30.0 Å². The van der Waals surface area contributed by atoms with Crippen LogP contribution in [0.25, 0.3) is 6.08 Å². The number of carboxylic acids is 1. The van der Waals surface area contributed by atoms with E-state index in [4.69, 9.17) is 16.7 Å². The van der Waals surface area contributed by atoms with Crippen molar-refractivity contribution in [2.45, 2.75) is 26.3 Å². The maximum absolute atomic E-state index is 10.5. The normalized spacial score (nSPS) is 18.3. The third-order valence-electron chi connectivity index (χ3n) is 3.65. The first-order chi connectivity index (χ1) is 10.9. The van der Waals surface area contributed by atoms with E-state index in [-0.39, 0.29) is 0 Å². The van der Waals surface area contributed by atoms with E-state index in [9.17, 15) is 4.79 Å². The van der Waals surface area contributed by atoms with Crippen molar-refractivity contribution in [3.05, 3.63) is 40.6 Å². The molecule has 1 saturated heterocycles. The summed E-state index contributed by atoms with van der Waals surface area (Å²) >= 11 is 6.23. The van der Waals surface area contributed by atoms with Crippen LogP contribution in [0.5, 0.6) is 0 Å². The van der Waals surface area contributed by atoms with Crippen LogP contribution in [0.2, 0.25) is 5.02 Å². The van der Waals surface area contributed by atoms with E-state index in [1.54, 1.807) is 12.3 Å². The molecule has 2 rings (SSSR count). The second kappa shape index (κ2) is 8.13. The van der Waals surface area contributed by atoms with Gasteiger partial charge in [0.05, 0.1) is 5.02 Å². The number of aliphatic carboxylic acids is 1. The Morgan fingerprint density at radius 1 is 1.57 bits per heavy atom. The van der Waals surface area contributed by atoms with Crippen molar-refractivity contribution in [2.24, 2.45) is 0 Å². The van der Waals surface area contributed by atoms with E-state index in [0.29, 0.717) is 22.4 Å². The Balaban J connectivity index is 1.93. The average molecular weight is 336 g/mol. The molecule has 1 atom stereocenters. The molecule has 1 aliphatic rings.